The van der Waals surface area contributed by atoms with E-state index in [-0.39, 0.29) is 76.4 Å². The van der Waals surface area contributed by atoms with Gasteiger partial charge >= 0.3 is 23.9 Å². The molecule has 0 aromatic heterocycles. The van der Waals surface area contributed by atoms with Gasteiger partial charge in [-0.1, -0.05) is 210 Å². The second-order valence-electron chi connectivity index (χ2n) is 33.1. The van der Waals surface area contributed by atoms with E-state index in [9.17, 15) is 65.1 Å². The molecule has 10 N–H and O–H groups in total. The van der Waals surface area contributed by atoms with Gasteiger partial charge in [-0.15, -0.1) is 0 Å². The van der Waals surface area contributed by atoms with Gasteiger partial charge in [0.25, 0.3) is 0 Å². The molecule has 0 amide bonds. The third-order valence-electron chi connectivity index (χ3n) is 24.2. The minimum atomic E-state index is -1.68. The van der Waals surface area contributed by atoms with Crippen LogP contribution < -0.4 is 28.4 Å². The standard InChI is InChI=1S/C38H42O6.C37H40O7.C15H20O8.C14H18O9/c1-27-28(2)37(43-25-31-17-11-6-12-18-31)36(22-33(27)26-41-23-29-13-7-4-8-14-29)44-38(39)32-19-20-34(35(21-32)40-3)42-24-30-15-9-5-10-16-30;1-26-27(2)35(42-24-30-17-11-6-12-18-30)37(43-34(26)25-40-22-28-13-7-4-8-14-28)44-36(38)31-19-20-32(33(21-31)39-3)41-23-29-15-9-5-10-16-29;1-22-10-4-7(2-3-9(10)17)15(21)23-11-5-8(6-16)12(18)14(20)13(11)19;1-21-8-4-6(2-3-7(8)16)13(20)23-14-12(19)11(18)10(17)9(5-15)22-14/h4-21,27-28,33,36-37H,22-26H2,1-3H3;4-21,26-27,34-35,37H,22-25H2,1-3H3;2-4,8,11-14,16-20H,5-6H2,1H3;2-4,9-12,14-19H,5H2,1H3. The van der Waals surface area contributed by atoms with Crippen LogP contribution in [0.4, 0.5) is 0 Å². The van der Waals surface area contributed by atoms with Crippen LogP contribution in [0.5, 0.6) is 46.0 Å². The van der Waals surface area contributed by atoms with Gasteiger partial charge in [-0.2, -0.15) is 0 Å². The molecule has 0 radical (unpaired) electrons. The number of benzene rings is 10. The zero-order chi connectivity index (χ0) is 95.7. The van der Waals surface area contributed by atoms with Crippen molar-refractivity contribution in [1.29, 1.82) is 0 Å². The number of hydrogen-bond donors (Lipinski definition) is 10. The van der Waals surface area contributed by atoms with Gasteiger partial charge in [0.05, 0.1) is 115 Å². The van der Waals surface area contributed by atoms with Crippen molar-refractivity contribution in [3.63, 3.8) is 0 Å². The van der Waals surface area contributed by atoms with Gasteiger partial charge in [0.2, 0.25) is 12.6 Å². The molecular formula is C104H120O30. The Balaban J connectivity index is 0.000000180. The molecule has 20 atom stereocenters. The highest BCUT2D eigenvalue weighted by atomic mass is 16.7. The van der Waals surface area contributed by atoms with Crippen molar-refractivity contribution in [2.75, 3.05) is 54.9 Å². The Labute approximate surface area is 778 Å². The van der Waals surface area contributed by atoms with Crippen LogP contribution in [0.25, 0.3) is 0 Å². The number of rotatable bonds is 34. The summed E-state index contributed by atoms with van der Waals surface area (Å²) in [6.45, 7) is 11.2. The summed E-state index contributed by atoms with van der Waals surface area (Å²) in [5.41, 5.74) is 7.23. The lowest BCUT2D eigenvalue weighted by Crippen LogP contribution is -2.59. The number of esters is 4. The average Bonchev–Trinajstić information content (AvgIpc) is 0.794. The number of carbonyl (C=O) groups is 4. The van der Waals surface area contributed by atoms with Gasteiger partial charge in [0.1, 0.15) is 68.1 Å². The average molecular weight is 1850 g/mol. The van der Waals surface area contributed by atoms with Crippen LogP contribution in [-0.4, -0.2) is 216 Å². The van der Waals surface area contributed by atoms with Gasteiger partial charge in [-0.25, -0.2) is 19.2 Å². The third kappa shape index (κ3) is 28.5. The van der Waals surface area contributed by atoms with E-state index in [1.54, 1.807) is 50.6 Å². The van der Waals surface area contributed by atoms with E-state index in [4.69, 9.17) is 80.9 Å². The molecule has 2 saturated carbocycles. The Morgan fingerprint density at radius 2 is 0.664 bits per heavy atom. The molecule has 20 unspecified atom stereocenters. The summed E-state index contributed by atoms with van der Waals surface area (Å²) < 4.78 is 91.8. The first kappa shape index (κ1) is 102. The largest absolute Gasteiger partial charge is 0.504 e. The van der Waals surface area contributed by atoms with Crippen molar-refractivity contribution in [3.05, 3.63) is 310 Å². The molecule has 0 bridgehead atoms. The van der Waals surface area contributed by atoms with Crippen LogP contribution in [0.1, 0.15) is 115 Å². The molecular weight excluding hydrogens is 1730 g/mol. The van der Waals surface area contributed by atoms with Crippen molar-refractivity contribution in [2.45, 2.75) is 166 Å². The molecule has 14 rings (SSSR count). The van der Waals surface area contributed by atoms with Crippen molar-refractivity contribution >= 4 is 23.9 Å². The quantitative estimate of drug-likeness (QED) is 0.0132. The van der Waals surface area contributed by atoms with E-state index in [1.807, 2.05) is 170 Å². The Hall–Kier alpha value is -12.1. The molecule has 10 aromatic rings. The van der Waals surface area contributed by atoms with Crippen molar-refractivity contribution in [1.82, 2.24) is 0 Å². The molecule has 4 aliphatic rings. The highest BCUT2D eigenvalue weighted by Gasteiger charge is 2.49. The van der Waals surface area contributed by atoms with E-state index >= 15 is 0 Å². The SMILES string of the molecule is COc1cc(C(=O)OC2CC(CO)C(O)C(O)C2O)ccc1O.COc1cc(C(=O)OC2CC(COCc3ccccc3)C(C)C(C)C2OCc2ccccc2)ccc1OCc1ccccc1.COc1cc(C(=O)OC2OC(CO)C(O)C(O)C2O)ccc1O.COc1cc(C(=O)OC2OC(COCc3ccccc3)C(C)C(C)C2OCc2ccccc2)ccc1OCc1ccccc1. The van der Waals surface area contributed by atoms with Gasteiger partial charge in [-0.3, -0.25) is 0 Å². The first-order valence-electron chi connectivity index (χ1n) is 44.2. The zero-order valence-corrected chi connectivity index (χ0v) is 75.9. The lowest BCUT2D eigenvalue weighted by atomic mass is 9.71. The maximum atomic E-state index is 13.6. The number of ether oxygens (including phenoxy) is 16. The van der Waals surface area contributed by atoms with E-state index in [2.05, 4.69) is 39.8 Å². The summed E-state index contributed by atoms with van der Waals surface area (Å²) in [6, 6.07) is 77.7. The lowest BCUT2D eigenvalue weighted by molar-refractivity contribution is -0.285. The second-order valence-corrected chi connectivity index (χ2v) is 33.1. The number of methoxy groups -OCH3 is 4. The van der Waals surface area contributed by atoms with Crippen LogP contribution in [0.3, 0.4) is 0 Å². The molecule has 2 heterocycles. The summed E-state index contributed by atoms with van der Waals surface area (Å²) in [5.74, 6) is -0.704. The number of aromatic hydroxyl groups is 2. The normalized spacial score (nSPS) is 24.6. The van der Waals surface area contributed by atoms with Gasteiger partial charge in [-0.05, 0) is 149 Å². The fourth-order valence-electron chi connectivity index (χ4n) is 15.8. The van der Waals surface area contributed by atoms with E-state index in [0.717, 1.165) is 33.4 Å². The molecule has 2 aliphatic heterocycles. The Bertz CT molecular complexity index is 4910. The van der Waals surface area contributed by atoms with Gasteiger partial charge in [0, 0.05) is 12.5 Å². The number of aliphatic hydroxyl groups is 8. The molecule has 716 valence electrons. The number of carbonyl (C=O) groups excluding carboxylic acids is 4. The van der Waals surface area contributed by atoms with Crippen molar-refractivity contribution in [2.24, 2.45) is 35.5 Å². The summed E-state index contributed by atoms with van der Waals surface area (Å²) >= 11 is 0. The first-order chi connectivity index (χ1) is 64.8. The molecule has 2 aliphatic carbocycles. The molecule has 4 fully saturated rings. The van der Waals surface area contributed by atoms with Crippen LogP contribution in [-0.2, 0) is 87.0 Å². The molecule has 30 nitrogen and oxygen atoms in total. The summed E-state index contributed by atoms with van der Waals surface area (Å²) in [7, 11) is 5.75. The Kier molecular flexibility index (Phi) is 39.3. The monoisotopic (exact) mass is 1850 g/mol. The molecule has 2 saturated heterocycles. The second kappa shape index (κ2) is 51.4. The molecule has 10 aromatic carbocycles. The number of phenolic OH excluding ortho intramolecular Hbond substituents is 2. The van der Waals surface area contributed by atoms with Crippen molar-refractivity contribution < 1.29 is 146 Å². The fourth-order valence-corrected chi connectivity index (χ4v) is 15.8. The predicted molar refractivity (Wildman–Crippen MR) is 489 cm³/mol. The Morgan fingerprint density at radius 3 is 1.09 bits per heavy atom. The van der Waals surface area contributed by atoms with Crippen LogP contribution >= 0.6 is 0 Å². The maximum absolute atomic E-state index is 13.6. The topological polar surface area (TPSA) is 418 Å². The summed E-state index contributed by atoms with van der Waals surface area (Å²) in [6.07, 6.45) is -14.7. The van der Waals surface area contributed by atoms with E-state index in [1.165, 1.54) is 50.6 Å². The van der Waals surface area contributed by atoms with Crippen LogP contribution in [0.15, 0.2) is 255 Å². The third-order valence-corrected chi connectivity index (χ3v) is 24.2. The van der Waals surface area contributed by atoms with Crippen LogP contribution in [0.2, 0.25) is 0 Å². The lowest BCUT2D eigenvalue weighted by Gasteiger charge is -2.44. The molecule has 0 spiro atoms. The molecule has 30 heteroatoms. The summed E-state index contributed by atoms with van der Waals surface area (Å²) in [4.78, 5) is 51.3. The van der Waals surface area contributed by atoms with Crippen LogP contribution in [0, 0.1) is 35.5 Å². The summed E-state index contributed by atoms with van der Waals surface area (Å²) in [5, 5.41) is 95.7. The number of aliphatic hydroxyl groups excluding tert-OH is 8. The Morgan fingerprint density at radius 1 is 0.313 bits per heavy atom. The van der Waals surface area contributed by atoms with E-state index in [0.29, 0.717) is 99.3 Å². The molecule has 134 heavy (non-hydrogen) atoms. The maximum Gasteiger partial charge on any atom is 0.340 e. The fraction of sp³-hybridized carbons (Fsp3) is 0.385. The minimum absolute atomic E-state index is 0.0108. The minimum Gasteiger partial charge on any atom is -0.504 e. The van der Waals surface area contributed by atoms with Gasteiger partial charge in [0.15, 0.2) is 46.0 Å². The zero-order valence-electron chi connectivity index (χ0n) is 75.9. The highest BCUT2D eigenvalue weighted by Crippen LogP contribution is 2.42. The number of hydrogen-bond acceptors (Lipinski definition) is 30. The predicted octanol–water partition coefficient (Wildman–Crippen LogP) is 12.5. The smallest absolute Gasteiger partial charge is 0.340 e. The first-order valence-corrected chi connectivity index (χ1v) is 44.2. The number of phenols is 2. The van der Waals surface area contributed by atoms with Gasteiger partial charge < -0.3 is 127 Å². The van der Waals surface area contributed by atoms with E-state index < -0.39 is 117 Å². The highest BCUT2D eigenvalue weighted by molar-refractivity contribution is 5.92. The van der Waals surface area contributed by atoms with Crippen molar-refractivity contribution in [3.8, 4) is 46.0 Å².